The molecule has 110 valence electrons. The van der Waals surface area contributed by atoms with Crippen LogP contribution >= 0.6 is 0 Å². The van der Waals surface area contributed by atoms with E-state index >= 15 is 0 Å². The van der Waals surface area contributed by atoms with E-state index in [-0.39, 0.29) is 0 Å². The summed E-state index contributed by atoms with van der Waals surface area (Å²) in [6.45, 7) is -0.787. The van der Waals surface area contributed by atoms with E-state index < -0.39 is 6.51 Å². The minimum absolute atomic E-state index is 0.559. The molecule has 0 radical (unpaired) electrons. The van der Waals surface area contributed by atoms with Crippen LogP contribution in [0, 0.1) is 0 Å². The fraction of sp³-hybridized carbons (Fsp3) is 0.944. The van der Waals surface area contributed by atoms with Gasteiger partial charge in [0.15, 0.2) is 0 Å². The summed E-state index contributed by atoms with van der Waals surface area (Å²) in [4.78, 5) is 24.9. The van der Waals surface area contributed by atoms with Gasteiger partial charge in [0.25, 0.3) is 0 Å². The third kappa shape index (κ3) is 0.105. The summed E-state index contributed by atoms with van der Waals surface area (Å²) in [7, 11) is 0. The molecule has 4 unspecified atom stereocenters. The van der Waals surface area contributed by atoms with E-state index in [4.69, 9.17) is 0 Å². The molecular weight excluding hydrogens is 288 g/mol. The van der Waals surface area contributed by atoms with Crippen LogP contribution in [-0.4, -0.2) is 5.78 Å². The van der Waals surface area contributed by atoms with Gasteiger partial charge in [-0.15, -0.1) is 0 Å². The van der Waals surface area contributed by atoms with Gasteiger partial charge in [-0.2, -0.15) is 0 Å². The Balaban J connectivity index is 1.12. The molecule has 1 nitrogen and oxygen atoms in total. The van der Waals surface area contributed by atoms with Crippen LogP contribution in [0.2, 0.25) is 47.7 Å². The van der Waals surface area contributed by atoms with Gasteiger partial charge in [0.1, 0.15) is 0 Å². The summed E-state index contributed by atoms with van der Waals surface area (Å²) >= 11 is 0. The van der Waals surface area contributed by atoms with E-state index in [1.807, 2.05) is 0 Å². The van der Waals surface area contributed by atoms with Crippen molar-refractivity contribution in [1.29, 1.82) is 0 Å². The average Bonchev–Trinajstić information content (AvgIpc) is 3.38. The molecule has 0 aromatic rings. The van der Waals surface area contributed by atoms with Gasteiger partial charge in [0, 0.05) is 0 Å². The van der Waals surface area contributed by atoms with E-state index in [2.05, 4.69) is 6.92 Å². The Morgan fingerprint density at radius 1 is 0.850 bits per heavy atom. The molecule has 0 saturated carbocycles. The molecule has 10 saturated heterocycles. The number of carbonyl (C=O) groups is 1. The van der Waals surface area contributed by atoms with Crippen molar-refractivity contribution in [3.8, 4) is 0 Å². The number of carbonyl (C=O) groups excluding carboxylic acids is 1. The van der Waals surface area contributed by atoms with Crippen LogP contribution in [0.3, 0.4) is 0 Å². The van der Waals surface area contributed by atoms with Gasteiger partial charge in [-0.1, -0.05) is 0 Å². The first kappa shape index (κ1) is 8.73. The number of Topliss-reactive ketones (excluding diaryl/α,β-unsaturated/α-hetero) is 1. The fourth-order valence-electron chi connectivity index (χ4n) is 18.0. The second kappa shape index (κ2) is 0.835. The molecule has 0 aliphatic carbocycles. The molecule has 20 heavy (non-hydrogen) atoms. The number of ketones is 1. The molecule has 2 heteroatoms. The van der Waals surface area contributed by atoms with Gasteiger partial charge in [0.05, 0.1) is 0 Å². The van der Waals surface area contributed by atoms with Gasteiger partial charge in [-0.3, -0.25) is 0 Å². The van der Waals surface area contributed by atoms with Crippen LogP contribution in [0.1, 0.15) is 45.4 Å². The third-order valence-electron chi connectivity index (χ3n) is 16.6. The molecule has 10 fully saturated rings. The van der Waals surface area contributed by atoms with Crippen molar-refractivity contribution < 1.29 is 11.3 Å². The summed E-state index contributed by atoms with van der Waals surface area (Å²) < 4.78 is 0.559. The van der Waals surface area contributed by atoms with Crippen LogP contribution < -0.4 is 0 Å². The number of fused-ring (bicyclic) bond motifs is 10. The first-order valence-corrected chi connectivity index (χ1v) is 15.6. The monoisotopic (exact) mass is 312 g/mol. The van der Waals surface area contributed by atoms with Crippen molar-refractivity contribution in [2.45, 2.75) is 93.1 Å². The molecule has 4 atom stereocenters. The van der Waals surface area contributed by atoms with E-state index in [1.165, 1.54) is 75.5 Å². The number of hydrogen-bond acceptors (Lipinski definition) is 1. The zero-order valence-corrected chi connectivity index (χ0v) is 13.3. The number of hydrogen-bond donors (Lipinski definition) is 0. The predicted octanol–water partition coefficient (Wildman–Crippen LogP) is 5.68. The van der Waals surface area contributed by atoms with Crippen LogP contribution in [0.4, 0.5) is 0 Å². The Bertz CT molecular complexity index is 940. The summed E-state index contributed by atoms with van der Waals surface area (Å²) in [5.41, 5.74) is 0. The second-order valence-corrected chi connectivity index (χ2v) is 35.8. The summed E-state index contributed by atoms with van der Waals surface area (Å²) in [5.74, 6) is 0.889. The Kier molecular flexibility index (Phi) is 0.364. The van der Waals surface area contributed by atoms with Crippen molar-refractivity contribution in [2.24, 2.45) is 0 Å². The van der Waals surface area contributed by atoms with Gasteiger partial charge in [0.2, 0.25) is 0 Å². The van der Waals surface area contributed by atoms with Gasteiger partial charge >= 0.3 is 110 Å². The van der Waals surface area contributed by atoms with E-state index in [0.29, 0.717) is 4.31 Å². The molecular formula is C18H24FeO. The van der Waals surface area contributed by atoms with E-state index in [0.717, 1.165) is 12.2 Å². The van der Waals surface area contributed by atoms with Gasteiger partial charge in [-0.05, 0) is 0 Å². The quantitative estimate of drug-likeness (QED) is 0.437. The van der Waals surface area contributed by atoms with E-state index in [1.54, 1.807) is 0 Å². The first-order chi connectivity index (χ1) is 9.53. The molecule has 10 aliphatic rings. The summed E-state index contributed by atoms with van der Waals surface area (Å²) in [6.07, 6.45) is 7.62. The topological polar surface area (TPSA) is 17.1 Å². The second-order valence-electron chi connectivity index (χ2n) is 12.3. The van der Waals surface area contributed by atoms with Crippen LogP contribution in [-0.2, 0) is 11.3 Å². The Morgan fingerprint density at radius 3 is 1.80 bits per heavy atom. The van der Waals surface area contributed by atoms with Gasteiger partial charge in [-0.25, -0.2) is 0 Å². The van der Waals surface area contributed by atoms with Crippen molar-refractivity contribution in [3.05, 3.63) is 0 Å². The average molecular weight is 312 g/mol. The standard InChI is InChI=1S/C13H19O.C5H5.Fe/c1-2-3-4-5-6-11-13(14)12-9-7-8-10-12;1-2-4-5-3-1;/h7-10H,2-6,11H2,1H3;1-5H;. The zero-order chi connectivity index (χ0) is 12.8. The fourth-order valence-corrected chi connectivity index (χ4v) is 92.2. The number of rotatable bonds is 7. The summed E-state index contributed by atoms with van der Waals surface area (Å²) in [5, 5.41) is 0. The van der Waals surface area contributed by atoms with Crippen molar-refractivity contribution in [2.75, 3.05) is 0 Å². The normalized spacial score (nSPS) is 103. The maximum absolute atomic E-state index is 13.3. The Morgan fingerprint density at radius 2 is 1.40 bits per heavy atom. The zero-order valence-electron chi connectivity index (χ0n) is 12.2. The SMILES string of the molecule is CCCCCCCC(=O)[C]12[CH]3[CH]4[CH]5[CH]1[Fe]45321678[CH]2[CH]1[CH]6[CH]7[CH]28. The molecule has 0 aromatic carbocycles. The van der Waals surface area contributed by atoms with Crippen molar-refractivity contribution >= 4 is 5.78 Å². The predicted molar refractivity (Wildman–Crippen MR) is 74.8 cm³/mol. The third-order valence-corrected chi connectivity index (χ3v) is 59.0. The molecule has 0 aromatic heterocycles. The molecule has 0 N–H and O–H groups in total. The van der Waals surface area contributed by atoms with Crippen molar-refractivity contribution in [3.63, 3.8) is 0 Å². The first-order valence-electron chi connectivity index (χ1n) is 9.27. The molecule has 10 aliphatic heterocycles. The Hall–Kier alpha value is 0.189. The molecule has 1 spiro atoms. The maximum atomic E-state index is 13.3. The van der Waals surface area contributed by atoms with Gasteiger partial charge < -0.3 is 0 Å². The Labute approximate surface area is 110 Å². The van der Waals surface area contributed by atoms with Crippen molar-refractivity contribution in [1.82, 2.24) is 0 Å². The van der Waals surface area contributed by atoms with E-state index in [9.17, 15) is 4.79 Å². The van der Waals surface area contributed by atoms with Crippen LogP contribution in [0.25, 0.3) is 0 Å². The summed E-state index contributed by atoms with van der Waals surface area (Å²) in [6, 6.07) is 0. The molecule has 0 bridgehead atoms. The minimum atomic E-state index is -3.06. The number of unbranched alkanes of at least 4 members (excludes halogenated alkanes) is 4. The van der Waals surface area contributed by atoms with Crippen LogP contribution in [0.15, 0.2) is 0 Å². The molecule has 10 rings (SSSR count). The molecule has 10 heterocycles. The van der Waals surface area contributed by atoms with Crippen LogP contribution in [0.5, 0.6) is 0 Å². The molecule has 0 amide bonds.